The molecule has 1 fully saturated rings. The average Bonchev–Trinajstić information content (AvgIpc) is 2.61. The summed E-state index contributed by atoms with van der Waals surface area (Å²) in [5.74, 6) is -0.648. The van der Waals surface area contributed by atoms with E-state index in [4.69, 9.17) is 9.47 Å². The highest BCUT2D eigenvalue weighted by atomic mass is 16.5. The van der Waals surface area contributed by atoms with Gasteiger partial charge in [-0.2, -0.15) is 0 Å². The smallest absolute Gasteiger partial charge is 0.323 e. The summed E-state index contributed by atoms with van der Waals surface area (Å²) in [6, 6.07) is 5.51. The van der Waals surface area contributed by atoms with Gasteiger partial charge in [-0.15, -0.1) is 0 Å². The van der Waals surface area contributed by atoms with Crippen molar-refractivity contribution in [3.8, 4) is 0 Å². The van der Waals surface area contributed by atoms with Gasteiger partial charge in [0.05, 0.1) is 0 Å². The van der Waals surface area contributed by atoms with Crippen molar-refractivity contribution in [3.05, 3.63) is 29.3 Å². The van der Waals surface area contributed by atoms with Crippen molar-refractivity contribution >= 4 is 17.6 Å². The Morgan fingerprint density at radius 3 is 2.50 bits per heavy atom. The van der Waals surface area contributed by atoms with E-state index in [1.54, 1.807) is 0 Å². The minimum atomic E-state index is -0.424. The van der Waals surface area contributed by atoms with Gasteiger partial charge in [0.2, 0.25) is 0 Å². The van der Waals surface area contributed by atoms with E-state index in [0.29, 0.717) is 18.9 Å². The number of carbonyl (C=O) groups excluding carboxylic acids is 2. The first-order valence-electron chi connectivity index (χ1n) is 9.24. The first-order valence-corrected chi connectivity index (χ1v) is 9.24. The number of carbonyl (C=O) groups is 2. The summed E-state index contributed by atoms with van der Waals surface area (Å²) in [6.45, 7) is 9.05. The lowest BCUT2D eigenvalue weighted by Gasteiger charge is -2.29. The number of benzene rings is 1. The summed E-state index contributed by atoms with van der Waals surface area (Å²) in [6.07, 6.45) is 1.76. The van der Waals surface area contributed by atoms with Gasteiger partial charge in [-0.3, -0.25) is 9.59 Å². The second kappa shape index (κ2) is 9.69. The number of ether oxygens (including phenoxy) is 2. The molecule has 0 aliphatic carbocycles. The topological polar surface area (TPSA) is 76.7 Å². The Balaban J connectivity index is 1.83. The van der Waals surface area contributed by atoms with Crippen molar-refractivity contribution in [2.75, 3.05) is 25.1 Å². The van der Waals surface area contributed by atoms with Crippen LogP contribution in [0.5, 0.6) is 0 Å². The molecule has 1 heterocycles. The minimum absolute atomic E-state index is 0.0770. The van der Waals surface area contributed by atoms with Crippen LogP contribution in [0.1, 0.15) is 37.8 Å². The average molecular weight is 362 g/mol. The maximum absolute atomic E-state index is 12.4. The van der Waals surface area contributed by atoms with Crippen LogP contribution >= 0.6 is 0 Å². The van der Waals surface area contributed by atoms with Crippen LogP contribution in [0.2, 0.25) is 0 Å². The zero-order chi connectivity index (χ0) is 19.1. The second-order valence-electron chi connectivity index (χ2n) is 7.23. The highest BCUT2D eigenvalue weighted by molar-refractivity contribution is 5.93. The molecule has 1 amide bonds. The summed E-state index contributed by atoms with van der Waals surface area (Å²) in [7, 11) is 0. The number of amides is 1. The molecule has 0 bridgehead atoms. The molecule has 6 heteroatoms. The summed E-state index contributed by atoms with van der Waals surface area (Å²) >= 11 is 0. The van der Waals surface area contributed by atoms with Crippen LogP contribution in [-0.4, -0.2) is 43.8 Å². The highest BCUT2D eigenvalue weighted by Crippen LogP contribution is 2.14. The van der Waals surface area contributed by atoms with Crippen molar-refractivity contribution in [1.82, 2.24) is 5.32 Å². The molecule has 1 aliphatic heterocycles. The largest absolute Gasteiger partial charge is 0.454 e. The van der Waals surface area contributed by atoms with Crippen molar-refractivity contribution in [2.24, 2.45) is 5.92 Å². The van der Waals surface area contributed by atoms with Crippen LogP contribution in [0.15, 0.2) is 18.2 Å². The predicted molar refractivity (Wildman–Crippen MR) is 101 cm³/mol. The number of rotatable bonds is 7. The fraction of sp³-hybridized carbons (Fsp3) is 0.600. The van der Waals surface area contributed by atoms with E-state index in [2.05, 4.69) is 10.6 Å². The zero-order valence-electron chi connectivity index (χ0n) is 16.1. The zero-order valence-corrected chi connectivity index (χ0v) is 16.1. The monoisotopic (exact) mass is 362 g/mol. The van der Waals surface area contributed by atoms with Gasteiger partial charge in [-0.05, 0) is 55.9 Å². The second-order valence-corrected chi connectivity index (χ2v) is 7.23. The maximum Gasteiger partial charge on any atom is 0.323 e. The Morgan fingerprint density at radius 2 is 1.88 bits per heavy atom. The van der Waals surface area contributed by atoms with Crippen molar-refractivity contribution < 1.29 is 19.1 Å². The van der Waals surface area contributed by atoms with Crippen molar-refractivity contribution in [2.45, 2.75) is 52.6 Å². The maximum atomic E-state index is 12.4. The lowest BCUT2D eigenvalue weighted by atomic mass is 10.0. The molecule has 6 nitrogen and oxygen atoms in total. The van der Waals surface area contributed by atoms with Gasteiger partial charge in [0, 0.05) is 24.9 Å². The Kier molecular flexibility index (Phi) is 7.60. The third-order valence-electron chi connectivity index (χ3n) is 4.69. The standard InChI is InChI=1S/C20H30N2O4/c1-13(2)19(22-16-7-9-25-10-8-16)20(24)26-12-18(23)21-17-6-5-14(3)15(4)11-17/h5-6,11,13,16,19,22H,7-10,12H2,1-4H3,(H,21,23). The summed E-state index contributed by atoms with van der Waals surface area (Å²) in [5, 5.41) is 6.12. The molecule has 0 radical (unpaired) electrons. The van der Waals surface area contributed by atoms with Gasteiger partial charge < -0.3 is 20.1 Å². The minimum Gasteiger partial charge on any atom is -0.454 e. The van der Waals surface area contributed by atoms with Crippen molar-refractivity contribution in [1.29, 1.82) is 0 Å². The molecule has 0 spiro atoms. The van der Waals surface area contributed by atoms with Gasteiger partial charge in [-0.1, -0.05) is 19.9 Å². The molecule has 1 aromatic carbocycles. The fourth-order valence-electron chi connectivity index (χ4n) is 2.89. The fourth-order valence-corrected chi connectivity index (χ4v) is 2.89. The van der Waals surface area contributed by atoms with Gasteiger partial charge in [-0.25, -0.2) is 0 Å². The molecule has 1 atom stereocenters. The number of nitrogens with one attached hydrogen (secondary N) is 2. The van der Waals surface area contributed by atoms with Crippen LogP contribution in [0.3, 0.4) is 0 Å². The molecule has 0 saturated carbocycles. The van der Waals surface area contributed by atoms with E-state index in [-0.39, 0.29) is 30.4 Å². The van der Waals surface area contributed by atoms with Crippen LogP contribution in [0.4, 0.5) is 5.69 Å². The number of hydrogen-bond donors (Lipinski definition) is 2. The third-order valence-corrected chi connectivity index (χ3v) is 4.69. The number of anilines is 1. The molecule has 1 unspecified atom stereocenters. The van der Waals surface area contributed by atoms with Crippen LogP contribution in [0, 0.1) is 19.8 Å². The summed E-state index contributed by atoms with van der Waals surface area (Å²) in [4.78, 5) is 24.5. The Morgan fingerprint density at radius 1 is 1.19 bits per heavy atom. The highest BCUT2D eigenvalue weighted by Gasteiger charge is 2.28. The molecule has 1 aromatic rings. The van der Waals surface area contributed by atoms with E-state index in [0.717, 1.165) is 24.0 Å². The van der Waals surface area contributed by atoms with E-state index in [1.807, 2.05) is 45.9 Å². The predicted octanol–water partition coefficient (Wildman–Crippen LogP) is 2.58. The van der Waals surface area contributed by atoms with E-state index in [9.17, 15) is 9.59 Å². The van der Waals surface area contributed by atoms with Gasteiger partial charge in [0.1, 0.15) is 6.04 Å². The normalized spacial score (nSPS) is 16.3. The molecule has 144 valence electrons. The van der Waals surface area contributed by atoms with Gasteiger partial charge in [0.15, 0.2) is 6.61 Å². The SMILES string of the molecule is Cc1ccc(NC(=O)COC(=O)C(NC2CCOCC2)C(C)C)cc1C. The van der Waals surface area contributed by atoms with Crippen LogP contribution < -0.4 is 10.6 Å². The lowest BCUT2D eigenvalue weighted by molar-refractivity contribution is -0.151. The molecule has 26 heavy (non-hydrogen) atoms. The van der Waals surface area contributed by atoms with Gasteiger partial charge in [0.25, 0.3) is 5.91 Å². The summed E-state index contributed by atoms with van der Waals surface area (Å²) < 4.78 is 10.6. The van der Waals surface area contributed by atoms with Crippen molar-refractivity contribution in [3.63, 3.8) is 0 Å². The molecule has 2 rings (SSSR count). The molecule has 0 aromatic heterocycles. The molecular weight excluding hydrogens is 332 g/mol. The Hall–Kier alpha value is -1.92. The van der Waals surface area contributed by atoms with E-state index < -0.39 is 6.04 Å². The number of aryl methyl sites for hydroxylation is 2. The van der Waals surface area contributed by atoms with Gasteiger partial charge >= 0.3 is 5.97 Å². The molecule has 1 aliphatic rings. The molecule has 1 saturated heterocycles. The lowest BCUT2D eigenvalue weighted by Crippen LogP contribution is -2.49. The molecule has 2 N–H and O–H groups in total. The van der Waals surface area contributed by atoms with E-state index in [1.165, 1.54) is 0 Å². The number of esters is 1. The first-order chi connectivity index (χ1) is 12.4. The first kappa shape index (κ1) is 20.4. The Bertz CT molecular complexity index is 624. The quantitative estimate of drug-likeness (QED) is 0.729. The Labute approximate surface area is 155 Å². The van der Waals surface area contributed by atoms with Crippen LogP contribution in [-0.2, 0) is 19.1 Å². The van der Waals surface area contributed by atoms with E-state index >= 15 is 0 Å². The summed E-state index contributed by atoms with van der Waals surface area (Å²) in [5.41, 5.74) is 2.96. The van der Waals surface area contributed by atoms with Crippen LogP contribution in [0.25, 0.3) is 0 Å². The number of hydrogen-bond acceptors (Lipinski definition) is 5. The molecular formula is C20H30N2O4. The third kappa shape index (κ3) is 6.11.